The predicted molar refractivity (Wildman–Crippen MR) is 106 cm³/mol. The van der Waals surface area contributed by atoms with Crippen molar-refractivity contribution in [2.24, 2.45) is 0 Å². The van der Waals surface area contributed by atoms with Crippen molar-refractivity contribution in [3.8, 4) is 22.6 Å². The van der Waals surface area contributed by atoms with Crippen LogP contribution in [0.15, 0.2) is 60.7 Å². The van der Waals surface area contributed by atoms with Gasteiger partial charge in [0.1, 0.15) is 28.7 Å². The molecule has 3 aromatic rings. The van der Waals surface area contributed by atoms with Crippen LogP contribution in [0.2, 0.25) is 0 Å². The van der Waals surface area contributed by atoms with Crippen LogP contribution < -0.4 is 9.47 Å². The van der Waals surface area contributed by atoms with Crippen LogP contribution in [-0.4, -0.2) is 6.36 Å². The molecule has 0 amide bonds. The lowest BCUT2D eigenvalue weighted by atomic mass is 9.80. The summed E-state index contributed by atoms with van der Waals surface area (Å²) in [5.41, 5.74) is 0.0624. The molecule has 0 atom stereocenters. The van der Waals surface area contributed by atoms with Gasteiger partial charge in [-0.05, 0) is 71.8 Å². The summed E-state index contributed by atoms with van der Waals surface area (Å²) in [5.74, 6) is -3.84. The van der Waals surface area contributed by atoms with Crippen LogP contribution in [0.3, 0.4) is 0 Å². The summed E-state index contributed by atoms with van der Waals surface area (Å²) in [7, 11) is 0. The fourth-order valence-corrected chi connectivity index (χ4v) is 3.62. The molecule has 2 nitrogen and oxygen atoms in total. The minimum atomic E-state index is -4.96. The first-order chi connectivity index (χ1) is 15.5. The number of halogens is 7. The third kappa shape index (κ3) is 5.23. The summed E-state index contributed by atoms with van der Waals surface area (Å²) < 4.78 is 103. The number of ether oxygens (including phenoxy) is 2. The van der Waals surface area contributed by atoms with Crippen molar-refractivity contribution in [3.05, 3.63) is 83.4 Å². The van der Waals surface area contributed by atoms with Gasteiger partial charge in [-0.3, -0.25) is 0 Å². The monoisotopic (exact) mass is 470 g/mol. The van der Waals surface area contributed by atoms with Gasteiger partial charge >= 0.3 is 12.5 Å². The van der Waals surface area contributed by atoms with Crippen molar-refractivity contribution in [2.75, 3.05) is 0 Å². The molecule has 0 spiro atoms. The van der Waals surface area contributed by atoms with Crippen molar-refractivity contribution in [1.29, 1.82) is 0 Å². The Hall–Kier alpha value is -3.23. The Morgan fingerprint density at radius 3 is 1.64 bits per heavy atom. The van der Waals surface area contributed by atoms with Crippen molar-refractivity contribution in [1.82, 2.24) is 0 Å². The second-order valence-corrected chi connectivity index (χ2v) is 7.70. The maximum atomic E-state index is 14.6. The van der Waals surface area contributed by atoms with Gasteiger partial charge in [0.05, 0.1) is 0 Å². The van der Waals surface area contributed by atoms with E-state index in [9.17, 15) is 30.7 Å². The SMILES string of the molecule is Fc1cc(-c2ccc(C3CCC3)cc2)cc(F)c1C(F)(F)Oc1ccc(OC(F)(F)F)cc1. The molecule has 1 saturated carbocycles. The van der Waals surface area contributed by atoms with Crippen molar-refractivity contribution in [3.63, 3.8) is 0 Å². The van der Waals surface area contributed by atoms with Gasteiger partial charge in [-0.25, -0.2) is 8.78 Å². The molecule has 174 valence electrons. The van der Waals surface area contributed by atoms with E-state index in [4.69, 9.17) is 0 Å². The number of hydrogen-bond donors (Lipinski definition) is 0. The highest BCUT2D eigenvalue weighted by Gasteiger charge is 2.41. The Labute approximate surface area is 184 Å². The van der Waals surface area contributed by atoms with E-state index in [0.717, 1.165) is 61.2 Å². The summed E-state index contributed by atoms with van der Waals surface area (Å²) in [6.45, 7) is 0. The maximum Gasteiger partial charge on any atom is 0.573 e. The fourth-order valence-electron chi connectivity index (χ4n) is 3.62. The lowest BCUT2D eigenvalue weighted by Crippen LogP contribution is -2.25. The first kappa shape index (κ1) is 22.9. The predicted octanol–water partition coefficient (Wildman–Crippen LogP) is 7.93. The van der Waals surface area contributed by atoms with E-state index in [1.807, 2.05) is 12.1 Å². The van der Waals surface area contributed by atoms with E-state index in [-0.39, 0.29) is 5.56 Å². The molecule has 0 radical (unpaired) electrons. The minimum absolute atomic E-state index is 0.0818. The number of benzene rings is 3. The zero-order valence-electron chi connectivity index (χ0n) is 16.9. The van der Waals surface area contributed by atoms with E-state index in [1.54, 1.807) is 12.1 Å². The van der Waals surface area contributed by atoms with Gasteiger partial charge in [0, 0.05) is 0 Å². The summed E-state index contributed by atoms with van der Waals surface area (Å²) in [4.78, 5) is 0. The van der Waals surface area contributed by atoms with Crippen molar-refractivity contribution < 1.29 is 40.2 Å². The average Bonchev–Trinajstić information content (AvgIpc) is 2.66. The molecule has 0 aromatic heterocycles. The highest BCUT2D eigenvalue weighted by Crippen LogP contribution is 2.39. The minimum Gasteiger partial charge on any atom is -0.429 e. The van der Waals surface area contributed by atoms with Gasteiger partial charge in [-0.1, -0.05) is 30.7 Å². The average molecular weight is 470 g/mol. The first-order valence-corrected chi connectivity index (χ1v) is 10.0. The van der Waals surface area contributed by atoms with E-state index in [1.165, 1.54) is 0 Å². The van der Waals surface area contributed by atoms with Crippen LogP contribution in [0, 0.1) is 11.6 Å². The second kappa shape index (κ2) is 8.61. The molecule has 0 N–H and O–H groups in total. The molecule has 0 unspecified atom stereocenters. The van der Waals surface area contributed by atoms with E-state index < -0.39 is 41.2 Å². The Bertz CT molecular complexity index is 1100. The topological polar surface area (TPSA) is 18.5 Å². The smallest absolute Gasteiger partial charge is 0.429 e. The lowest BCUT2D eigenvalue weighted by molar-refractivity contribution is -0.274. The molecule has 33 heavy (non-hydrogen) atoms. The Kier molecular flexibility index (Phi) is 5.99. The van der Waals surface area contributed by atoms with Crippen LogP contribution in [0.25, 0.3) is 11.1 Å². The van der Waals surface area contributed by atoms with Gasteiger partial charge in [0.25, 0.3) is 0 Å². The van der Waals surface area contributed by atoms with Crippen LogP contribution in [0.4, 0.5) is 30.7 Å². The number of alkyl halides is 5. The zero-order chi connectivity index (χ0) is 23.8. The van der Waals surface area contributed by atoms with Gasteiger partial charge in [-0.15, -0.1) is 13.2 Å². The van der Waals surface area contributed by atoms with Crippen LogP contribution in [-0.2, 0) is 6.11 Å². The van der Waals surface area contributed by atoms with Gasteiger partial charge in [0.15, 0.2) is 0 Å². The Morgan fingerprint density at radius 1 is 0.667 bits per heavy atom. The molecule has 1 aliphatic carbocycles. The van der Waals surface area contributed by atoms with Crippen molar-refractivity contribution in [2.45, 2.75) is 37.7 Å². The number of rotatable bonds is 6. The lowest BCUT2D eigenvalue weighted by Gasteiger charge is -2.25. The molecule has 9 heteroatoms. The molecule has 4 rings (SSSR count). The molecule has 3 aromatic carbocycles. The first-order valence-electron chi connectivity index (χ1n) is 10.0. The van der Waals surface area contributed by atoms with Crippen LogP contribution in [0.1, 0.15) is 36.3 Å². The summed E-state index contributed by atoms with van der Waals surface area (Å²) in [6, 6.07) is 11.7. The molecule has 0 heterocycles. The van der Waals surface area contributed by atoms with Gasteiger partial charge < -0.3 is 9.47 Å². The molecule has 0 aliphatic heterocycles. The molecular weight excluding hydrogens is 453 g/mol. The van der Waals surface area contributed by atoms with E-state index in [2.05, 4.69) is 9.47 Å². The molecular formula is C24H17F7O2. The van der Waals surface area contributed by atoms with Crippen LogP contribution in [0.5, 0.6) is 11.5 Å². The van der Waals surface area contributed by atoms with E-state index >= 15 is 0 Å². The van der Waals surface area contributed by atoms with Gasteiger partial charge in [-0.2, -0.15) is 8.78 Å². The summed E-state index contributed by atoms with van der Waals surface area (Å²) in [6.07, 6.45) is -6.05. The summed E-state index contributed by atoms with van der Waals surface area (Å²) in [5, 5.41) is 0. The normalized spacial score (nSPS) is 14.6. The third-order valence-corrected chi connectivity index (χ3v) is 5.46. The Balaban J connectivity index is 1.54. The fraction of sp³-hybridized carbons (Fsp3) is 0.250. The standard InChI is InChI=1S/C24H17F7O2/c25-20-12-17(16-6-4-15(5-7-16)14-2-1-3-14)13-21(26)22(20)23(27,28)32-18-8-10-19(11-9-18)33-24(29,30)31/h4-14H,1-3H2. The highest BCUT2D eigenvalue weighted by molar-refractivity contribution is 5.64. The van der Waals surface area contributed by atoms with Gasteiger partial charge in [0.2, 0.25) is 0 Å². The molecule has 1 fully saturated rings. The largest absolute Gasteiger partial charge is 0.573 e. The summed E-state index contributed by atoms with van der Waals surface area (Å²) >= 11 is 0. The number of hydrogen-bond acceptors (Lipinski definition) is 2. The molecule has 0 saturated heterocycles. The highest BCUT2D eigenvalue weighted by atomic mass is 19.4. The Morgan fingerprint density at radius 2 is 1.18 bits per heavy atom. The van der Waals surface area contributed by atoms with Crippen molar-refractivity contribution >= 4 is 0 Å². The van der Waals surface area contributed by atoms with E-state index in [0.29, 0.717) is 11.5 Å². The van der Waals surface area contributed by atoms with Crippen LogP contribution >= 0.6 is 0 Å². The second-order valence-electron chi connectivity index (χ2n) is 7.70. The molecule has 0 bridgehead atoms. The quantitative estimate of drug-likeness (QED) is 0.341. The molecule has 1 aliphatic rings. The maximum absolute atomic E-state index is 14.6. The third-order valence-electron chi connectivity index (χ3n) is 5.46. The zero-order valence-corrected chi connectivity index (χ0v) is 16.9.